The number of imidazole rings is 1. The quantitative estimate of drug-likeness (QED) is 0.705. The standard InChI is InChI=1S/C14H22N6O2/c1-9(2)7-20-12-11(13(21)18-14(20)22)16-10(17-12)8-19-5-3-15-4-6-19/h9,15H,3-8H2,1-2H3,(H,16,17)(H,18,21,22). The minimum atomic E-state index is -0.404. The highest BCUT2D eigenvalue weighted by molar-refractivity contribution is 5.69. The first kappa shape index (κ1) is 15.0. The maximum Gasteiger partial charge on any atom is 0.330 e. The summed E-state index contributed by atoms with van der Waals surface area (Å²) in [5.74, 6) is 1.02. The Hall–Kier alpha value is -1.93. The monoisotopic (exact) mass is 306 g/mol. The van der Waals surface area contributed by atoms with E-state index >= 15 is 0 Å². The van der Waals surface area contributed by atoms with Crippen molar-refractivity contribution in [1.82, 2.24) is 29.7 Å². The van der Waals surface area contributed by atoms with E-state index in [0.29, 0.717) is 30.2 Å². The predicted molar refractivity (Wildman–Crippen MR) is 84.0 cm³/mol. The Bertz CT molecular complexity index is 766. The van der Waals surface area contributed by atoms with E-state index < -0.39 is 11.2 Å². The second-order valence-corrected chi connectivity index (χ2v) is 6.17. The van der Waals surface area contributed by atoms with Crippen LogP contribution in [-0.2, 0) is 13.1 Å². The lowest BCUT2D eigenvalue weighted by molar-refractivity contribution is 0.228. The number of rotatable bonds is 4. The average molecular weight is 306 g/mol. The highest BCUT2D eigenvalue weighted by Crippen LogP contribution is 2.09. The molecule has 1 fully saturated rings. The van der Waals surface area contributed by atoms with Crippen LogP contribution in [0.25, 0.3) is 11.2 Å². The van der Waals surface area contributed by atoms with Crippen LogP contribution in [0.4, 0.5) is 0 Å². The summed E-state index contributed by atoms with van der Waals surface area (Å²) in [6.45, 7) is 9.06. The summed E-state index contributed by atoms with van der Waals surface area (Å²) in [5, 5.41) is 3.30. The van der Waals surface area contributed by atoms with Gasteiger partial charge in [-0.15, -0.1) is 0 Å². The van der Waals surface area contributed by atoms with Crippen LogP contribution in [0.3, 0.4) is 0 Å². The first-order valence-electron chi connectivity index (χ1n) is 7.69. The molecule has 0 saturated carbocycles. The third kappa shape index (κ3) is 2.97. The lowest BCUT2D eigenvalue weighted by Crippen LogP contribution is -2.43. The lowest BCUT2D eigenvalue weighted by Gasteiger charge is -2.26. The van der Waals surface area contributed by atoms with Crippen LogP contribution in [0.5, 0.6) is 0 Å². The van der Waals surface area contributed by atoms with Crippen molar-refractivity contribution in [2.45, 2.75) is 26.9 Å². The van der Waals surface area contributed by atoms with E-state index in [1.54, 1.807) is 4.57 Å². The Morgan fingerprint density at radius 3 is 2.59 bits per heavy atom. The van der Waals surface area contributed by atoms with Crippen LogP contribution >= 0.6 is 0 Å². The van der Waals surface area contributed by atoms with Crippen molar-refractivity contribution in [3.05, 3.63) is 26.7 Å². The van der Waals surface area contributed by atoms with Gasteiger partial charge in [0.1, 0.15) is 11.3 Å². The number of nitrogens with zero attached hydrogens (tertiary/aromatic N) is 3. The third-order valence-electron chi connectivity index (χ3n) is 3.81. The molecule has 22 heavy (non-hydrogen) atoms. The highest BCUT2D eigenvalue weighted by Gasteiger charge is 2.16. The number of nitrogens with one attached hydrogen (secondary N) is 3. The molecule has 3 N–H and O–H groups in total. The molecular formula is C14H22N6O2. The molecule has 1 saturated heterocycles. The van der Waals surface area contributed by atoms with Gasteiger partial charge in [-0.25, -0.2) is 9.78 Å². The molecule has 120 valence electrons. The minimum Gasteiger partial charge on any atom is -0.335 e. The van der Waals surface area contributed by atoms with E-state index in [2.05, 4.69) is 25.2 Å². The van der Waals surface area contributed by atoms with E-state index in [1.807, 2.05) is 13.8 Å². The number of hydrogen-bond acceptors (Lipinski definition) is 5. The molecule has 2 aromatic heterocycles. The van der Waals surface area contributed by atoms with Gasteiger partial charge in [-0.2, -0.15) is 0 Å². The number of fused-ring (bicyclic) bond motifs is 1. The molecule has 0 spiro atoms. The molecule has 1 aliphatic rings. The van der Waals surface area contributed by atoms with Crippen molar-refractivity contribution in [3.63, 3.8) is 0 Å². The van der Waals surface area contributed by atoms with Gasteiger partial charge in [-0.05, 0) is 5.92 Å². The summed E-state index contributed by atoms with van der Waals surface area (Å²) in [7, 11) is 0. The van der Waals surface area contributed by atoms with Crippen molar-refractivity contribution >= 4 is 11.2 Å². The van der Waals surface area contributed by atoms with E-state index in [9.17, 15) is 9.59 Å². The summed E-state index contributed by atoms with van der Waals surface area (Å²) in [4.78, 5) is 36.2. The van der Waals surface area contributed by atoms with Gasteiger partial charge >= 0.3 is 5.69 Å². The largest absolute Gasteiger partial charge is 0.335 e. The van der Waals surface area contributed by atoms with Crippen molar-refractivity contribution in [2.75, 3.05) is 26.2 Å². The number of aromatic amines is 2. The van der Waals surface area contributed by atoms with Gasteiger partial charge in [-0.1, -0.05) is 13.8 Å². The molecule has 0 bridgehead atoms. The lowest BCUT2D eigenvalue weighted by atomic mass is 10.2. The molecule has 3 heterocycles. The zero-order valence-electron chi connectivity index (χ0n) is 13.0. The molecule has 3 rings (SSSR count). The molecule has 0 radical (unpaired) electrons. The fourth-order valence-corrected chi connectivity index (χ4v) is 2.78. The number of aromatic nitrogens is 4. The third-order valence-corrected chi connectivity index (χ3v) is 3.81. The van der Waals surface area contributed by atoms with Crippen molar-refractivity contribution < 1.29 is 0 Å². The van der Waals surface area contributed by atoms with E-state index in [1.165, 1.54) is 0 Å². The molecule has 0 unspecified atom stereocenters. The first-order valence-corrected chi connectivity index (χ1v) is 7.69. The smallest absolute Gasteiger partial charge is 0.330 e. The van der Waals surface area contributed by atoms with Crippen molar-refractivity contribution in [3.8, 4) is 0 Å². The summed E-state index contributed by atoms with van der Waals surface area (Å²) in [6, 6.07) is 0. The van der Waals surface area contributed by atoms with Gasteiger partial charge in [0.2, 0.25) is 0 Å². The van der Waals surface area contributed by atoms with Crippen LogP contribution in [0, 0.1) is 5.92 Å². The summed E-state index contributed by atoms with van der Waals surface area (Å²) in [5.41, 5.74) is 0.0310. The fourth-order valence-electron chi connectivity index (χ4n) is 2.78. The average Bonchev–Trinajstić information content (AvgIpc) is 2.88. The Balaban J connectivity index is 1.98. The topological polar surface area (TPSA) is 98.8 Å². The van der Waals surface area contributed by atoms with Crippen LogP contribution in [0.1, 0.15) is 19.7 Å². The van der Waals surface area contributed by atoms with Gasteiger partial charge < -0.3 is 10.3 Å². The molecule has 1 aliphatic heterocycles. The Kier molecular flexibility index (Phi) is 4.12. The normalized spacial score (nSPS) is 16.7. The summed E-state index contributed by atoms with van der Waals surface area (Å²) in [6.07, 6.45) is 0. The zero-order chi connectivity index (χ0) is 15.7. The minimum absolute atomic E-state index is 0.292. The Labute approximate surface area is 127 Å². The van der Waals surface area contributed by atoms with Crippen LogP contribution in [0.2, 0.25) is 0 Å². The molecule has 8 heteroatoms. The Morgan fingerprint density at radius 2 is 1.91 bits per heavy atom. The molecule has 0 aliphatic carbocycles. The molecule has 8 nitrogen and oxygen atoms in total. The first-order chi connectivity index (χ1) is 10.5. The molecular weight excluding hydrogens is 284 g/mol. The van der Waals surface area contributed by atoms with Gasteiger partial charge in [0, 0.05) is 32.7 Å². The van der Waals surface area contributed by atoms with Gasteiger partial charge in [-0.3, -0.25) is 19.2 Å². The van der Waals surface area contributed by atoms with Crippen LogP contribution in [-0.4, -0.2) is 50.6 Å². The summed E-state index contributed by atoms with van der Waals surface area (Å²) < 4.78 is 1.54. The molecule has 0 atom stereocenters. The van der Waals surface area contributed by atoms with Crippen LogP contribution < -0.4 is 16.6 Å². The van der Waals surface area contributed by atoms with Crippen molar-refractivity contribution in [1.29, 1.82) is 0 Å². The second-order valence-electron chi connectivity index (χ2n) is 6.17. The fraction of sp³-hybridized carbons (Fsp3) is 0.643. The van der Waals surface area contributed by atoms with Crippen LogP contribution in [0.15, 0.2) is 9.59 Å². The maximum atomic E-state index is 12.0. The van der Waals surface area contributed by atoms with Gasteiger partial charge in [0.05, 0.1) is 6.54 Å². The van der Waals surface area contributed by atoms with E-state index in [-0.39, 0.29) is 0 Å². The SMILES string of the molecule is CC(C)Cn1c(=O)[nH]c(=O)c2[nH]c(CN3CCNCC3)nc21. The molecule has 0 amide bonds. The molecule has 2 aromatic rings. The number of H-pyrrole nitrogens is 2. The maximum absolute atomic E-state index is 12.0. The highest BCUT2D eigenvalue weighted by atomic mass is 16.2. The predicted octanol–water partition coefficient (Wildman–Crippen LogP) is -0.526. The van der Waals surface area contributed by atoms with Gasteiger partial charge in [0.25, 0.3) is 5.56 Å². The number of hydrogen-bond donors (Lipinski definition) is 3. The number of piperazine rings is 1. The second kappa shape index (κ2) is 6.05. The zero-order valence-corrected chi connectivity index (χ0v) is 13.0. The van der Waals surface area contributed by atoms with E-state index in [4.69, 9.17) is 0 Å². The van der Waals surface area contributed by atoms with Crippen molar-refractivity contribution in [2.24, 2.45) is 5.92 Å². The Morgan fingerprint density at radius 1 is 1.18 bits per heavy atom. The van der Waals surface area contributed by atoms with Gasteiger partial charge in [0.15, 0.2) is 5.65 Å². The molecule has 0 aromatic carbocycles. The summed E-state index contributed by atoms with van der Waals surface area (Å²) >= 11 is 0. The van der Waals surface area contributed by atoms with E-state index in [0.717, 1.165) is 32.0 Å².